The molecule has 1 N–H and O–H groups in total. The summed E-state index contributed by atoms with van der Waals surface area (Å²) in [5.74, 6) is -1.20. The number of hydrogen-bond acceptors (Lipinski definition) is 2. The lowest BCUT2D eigenvalue weighted by Gasteiger charge is -2.33. The van der Waals surface area contributed by atoms with Gasteiger partial charge < -0.3 is 9.73 Å². The zero-order valence-electron chi connectivity index (χ0n) is 10.1. The van der Waals surface area contributed by atoms with Crippen LogP contribution in [-0.2, 0) is 6.42 Å². The van der Waals surface area contributed by atoms with Crippen molar-refractivity contribution in [2.75, 3.05) is 7.05 Å². The molecule has 17 heavy (non-hydrogen) atoms. The topological polar surface area (TPSA) is 25.2 Å². The zero-order valence-corrected chi connectivity index (χ0v) is 10.1. The minimum absolute atomic E-state index is 0.0218. The molecule has 0 saturated heterocycles. The van der Waals surface area contributed by atoms with Crippen LogP contribution in [0.5, 0.6) is 0 Å². The molecule has 1 heterocycles. The van der Waals surface area contributed by atoms with Gasteiger partial charge in [-0.15, -0.1) is 0 Å². The van der Waals surface area contributed by atoms with Crippen LogP contribution >= 0.6 is 0 Å². The van der Waals surface area contributed by atoms with E-state index in [-0.39, 0.29) is 18.9 Å². The normalized spacial score (nSPS) is 22.5. The number of halogens is 2. The largest absolute Gasteiger partial charge is 0.469 e. The molecule has 0 radical (unpaired) electrons. The molecule has 0 amide bonds. The maximum atomic E-state index is 13.1. The van der Waals surface area contributed by atoms with E-state index in [2.05, 4.69) is 5.32 Å². The van der Waals surface area contributed by atoms with Crippen molar-refractivity contribution in [3.8, 4) is 0 Å². The molecule has 2 rings (SSSR count). The van der Waals surface area contributed by atoms with Crippen LogP contribution in [0.3, 0.4) is 0 Å². The van der Waals surface area contributed by atoms with E-state index in [9.17, 15) is 8.78 Å². The number of hydrogen-bond donors (Lipinski definition) is 1. The third-order valence-corrected chi connectivity index (χ3v) is 3.70. The van der Waals surface area contributed by atoms with Crippen LogP contribution in [0.1, 0.15) is 31.4 Å². The van der Waals surface area contributed by atoms with Crippen LogP contribution in [0.25, 0.3) is 0 Å². The maximum absolute atomic E-state index is 13.1. The van der Waals surface area contributed by atoms with E-state index in [1.54, 1.807) is 6.26 Å². The van der Waals surface area contributed by atoms with Gasteiger partial charge in [-0.1, -0.05) is 0 Å². The smallest absolute Gasteiger partial charge is 0.248 e. The molecule has 0 aromatic carbocycles. The Morgan fingerprint density at radius 2 is 2.18 bits per heavy atom. The van der Waals surface area contributed by atoms with Crippen LogP contribution in [0.4, 0.5) is 8.78 Å². The first-order chi connectivity index (χ1) is 8.11. The lowest BCUT2D eigenvalue weighted by atomic mass is 9.81. The predicted molar refractivity (Wildman–Crippen MR) is 62.2 cm³/mol. The second-order valence-corrected chi connectivity index (χ2v) is 4.87. The summed E-state index contributed by atoms with van der Waals surface area (Å²) in [6.07, 6.45) is 3.66. The van der Waals surface area contributed by atoms with E-state index in [4.69, 9.17) is 4.42 Å². The molecule has 4 heteroatoms. The number of furan rings is 1. The Balaban J connectivity index is 1.91. The van der Waals surface area contributed by atoms with Crippen molar-refractivity contribution in [3.05, 3.63) is 24.2 Å². The number of likely N-dealkylation sites (N-methyl/N-ethyl adjacent to an activating group) is 1. The first-order valence-electron chi connectivity index (χ1n) is 6.18. The van der Waals surface area contributed by atoms with Gasteiger partial charge >= 0.3 is 0 Å². The van der Waals surface area contributed by atoms with Gasteiger partial charge in [0.2, 0.25) is 5.92 Å². The highest BCUT2D eigenvalue weighted by Crippen LogP contribution is 2.37. The summed E-state index contributed by atoms with van der Waals surface area (Å²) in [5.41, 5.74) is 0. The van der Waals surface area contributed by atoms with E-state index in [1.165, 1.54) is 0 Å². The monoisotopic (exact) mass is 243 g/mol. The van der Waals surface area contributed by atoms with Gasteiger partial charge in [0.15, 0.2) is 0 Å². The van der Waals surface area contributed by atoms with E-state index in [0.717, 1.165) is 12.2 Å². The Labute approximate surface area is 100 Å². The van der Waals surface area contributed by atoms with Crippen molar-refractivity contribution in [2.45, 2.75) is 44.1 Å². The second kappa shape index (κ2) is 5.17. The van der Waals surface area contributed by atoms with Crippen LogP contribution in [0.15, 0.2) is 22.8 Å². The Hall–Kier alpha value is -0.900. The standard InChI is InChI=1S/C13H19F2NO/c1-16-12(9-11-3-2-8-17-11)10-4-6-13(14,15)7-5-10/h2-3,8,10,12,16H,4-7,9H2,1H3. The van der Waals surface area contributed by atoms with E-state index < -0.39 is 5.92 Å². The third-order valence-electron chi connectivity index (χ3n) is 3.70. The Morgan fingerprint density at radius 1 is 1.47 bits per heavy atom. The molecular weight excluding hydrogens is 224 g/mol. The van der Waals surface area contributed by atoms with Gasteiger partial charge in [0.05, 0.1) is 6.26 Å². The van der Waals surface area contributed by atoms with Crippen LogP contribution < -0.4 is 5.32 Å². The summed E-state index contributed by atoms with van der Waals surface area (Å²) >= 11 is 0. The highest BCUT2D eigenvalue weighted by molar-refractivity contribution is 5.01. The summed E-state index contributed by atoms with van der Waals surface area (Å²) in [5, 5.41) is 3.23. The first kappa shape index (κ1) is 12.6. The zero-order chi connectivity index (χ0) is 12.3. The highest BCUT2D eigenvalue weighted by Gasteiger charge is 2.37. The van der Waals surface area contributed by atoms with Gasteiger partial charge in [0, 0.05) is 25.3 Å². The molecule has 1 atom stereocenters. The number of rotatable bonds is 4. The Kier molecular flexibility index (Phi) is 3.82. The van der Waals surface area contributed by atoms with Gasteiger partial charge in [-0.3, -0.25) is 0 Å². The van der Waals surface area contributed by atoms with Crippen molar-refractivity contribution < 1.29 is 13.2 Å². The lowest BCUT2D eigenvalue weighted by Crippen LogP contribution is -2.39. The summed E-state index contributed by atoms with van der Waals surface area (Å²) in [6.45, 7) is 0. The van der Waals surface area contributed by atoms with Gasteiger partial charge in [-0.05, 0) is 37.9 Å². The molecule has 1 aromatic rings. The first-order valence-corrected chi connectivity index (χ1v) is 6.18. The third kappa shape index (κ3) is 3.28. The van der Waals surface area contributed by atoms with Crippen molar-refractivity contribution >= 4 is 0 Å². The fourth-order valence-corrected chi connectivity index (χ4v) is 2.61. The molecule has 1 fully saturated rings. The average molecular weight is 243 g/mol. The van der Waals surface area contributed by atoms with E-state index >= 15 is 0 Å². The number of nitrogens with one attached hydrogen (secondary N) is 1. The quantitative estimate of drug-likeness (QED) is 0.878. The molecule has 0 spiro atoms. The summed E-state index contributed by atoms with van der Waals surface area (Å²) in [7, 11) is 1.89. The molecule has 1 saturated carbocycles. The molecular formula is C13H19F2NO. The summed E-state index contributed by atoms with van der Waals surface area (Å²) in [6, 6.07) is 4.02. The van der Waals surface area contributed by atoms with Gasteiger partial charge in [0.1, 0.15) is 5.76 Å². The van der Waals surface area contributed by atoms with Crippen LogP contribution in [-0.4, -0.2) is 19.0 Å². The van der Waals surface area contributed by atoms with Gasteiger partial charge in [-0.2, -0.15) is 0 Å². The Morgan fingerprint density at radius 3 is 2.71 bits per heavy atom. The van der Waals surface area contributed by atoms with Crippen LogP contribution in [0, 0.1) is 5.92 Å². The fourth-order valence-electron chi connectivity index (χ4n) is 2.61. The van der Waals surface area contributed by atoms with Gasteiger partial charge in [0.25, 0.3) is 0 Å². The minimum atomic E-state index is -2.44. The molecule has 96 valence electrons. The fraction of sp³-hybridized carbons (Fsp3) is 0.692. The molecule has 1 unspecified atom stereocenters. The molecule has 2 nitrogen and oxygen atoms in total. The maximum Gasteiger partial charge on any atom is 0.248 e. The minimum Gasteiger partial charge on any atom is -0.469 e. The number of alkyl halides is 2. The molecule has 1 aliphatic carbocycles. The molecule has 0 aliphatic heterocycles. The van der Waals surface area contributed by atoms with Crippen molar-refractivity contribution in [1.29, 1.82) is 0 Å². The van der Waals surface area contributed by atoms with Crippen molar-refractivity contribution in [3.63, 3.8) is 0 Å². The van der Waals surface area contributed by atoms with E-state index in [0.29, 0.717) is 18.8 Å². The average Bonchev–Trinajstić information content (AvgIpc) is 2.79. The molecule has 0 bridgehead atoms. The second-order valence-electron chi connectivity index (χ2n) is 4.87. The molecule has 1 aliphatic rings. The van der Waals surface area contributed by atoms with Crippen molar-refractivity contribution in [1.82, 2.24) is 5.32 Å². The Bertz CT molecular complexity index is 327. The molecule has 1 aromatic heterocycles. The lowest BCUT2D eigenvalue weighted by molar-refractivity contribution is -0.0494. The summed E-state index contributed by atoms with van der Waals surface area (Å²) in [4.78, 5) is 0. The van der Waals surface area contributed by atoms with Crippen LogP contribution in [0.2, 0.25) is 0 Å². The highest BCUT2D eigenvalue weighted by atomic mass is 19.3. The predicted octanol–water partition coefficient (Wildman–Crippen LogP) is 3.24. The van der Waals surface area contributed by atoms with E-state index in [1.807, 2.05) is 19.2 Å². The van der Waals surface area contributed by atoms with Gasteiger partial charge in [-0.25, -0.2) is 8.78 Å². The van der Waals surface area contributed by atoms with Crippen molar-refractivity contribution in [2.24, 2.45) is 5.92 Å². The summed E-state index contributed by atoms with van der Waals surface area (Å²) < 4.78 is 31.5. The SMILES string of the molecule is CNC(Cc1ccco1)C1CCC(F)(F)CC1.